The second-order valence-corrected chi connectivity index (χ2v) is 5.71. The van der Waals surface area contributed by atoms with Crippen LogP contribution in [0.3, 0.4) is 0 Å². The van der Waals surface area contributed by atoms with E-state index in [0.29, 0.717) is 17.7 Å². The molecule has 1 aromatic carbocycles. The topological polar surface area (TPSA) is 112 Å². The molecule has 112 valence electrons. The van der Waals surface area contributed by atoms with Gasteiger partial charge in [0, 0.05) is 18.3 Å². The van der Waals surface area contributed by atoms with Crippen LogP contribution in [0.2, 0.25) is 0 Å². The summed E-state index contributed by atoms with van der Waals surface area (Å²) in [5.41, 5.74) is -0.833. The molecule has 2 aromatic rings. The van der Waals surface area contributed by atoms with Gasteiger partial charge in [0.1, 0.15) is 16.3 Å². The molecule has 2 rings (SSSR count). The number of aromatic carboxylic acids is 1. The van der Waals surface area contributed by atoms with Gasteiger partial charge in [-0.15, -0.1) is 0 Å². The number of hydrogen-bond donors (Lipinski definition) is 3. The van der Waals surface area contributed by atoms with Crippen LogP contribution in [-0.2, 0) is 16.6 Å². The van der Waals surface area contributed by atoms with Crippen molar-refractivity contribution >= 4 is 16.0 Å². The van der Waals surface area contributed by atoms with Gasteiger partial charge >= 0.3 is 5.97 Å². The van der Waals surface area contributed by atoms with E-state index in [1.165, 1.54) is 12.4 Å². The van der Waals surface area contributed by atoms with Crippen LogP contribution in [-0.4, -0.2) is 29.7 Å². The first-order valence-corrected chi connectivity index (χ1v) is 7.00. The minimum absolute atomic E-state index is 0.182. The smallest absolute Gasteiger partial charge is 0.341 e. The molecular formula is C11H9F2N3O4S. The maximum atomic E-state index is 13.9. The Morgan fingerprint density at radius 1 is 1.38 bits per heavy atom. The summed E-state index contributed by atoms with van der Waals surface area (Å²) in [5, 5.41) is 14.8. The fourth-order valence-electron chi connectivity index (χ4n) is 1.57. The number of carbonyl (C=O) groups is 1. The maximum absolute atomic E-state index is 13.9. The van der Waals surface area contributed by atoms with Gasteiger partial charge in [0.2, 0.25) is 10.0 Å². The number of benzene rings is 1. The number of rotatable bonds is 5. The van der Waals surface area contributed by atoms with Crippen molar-refractivity contribution in [1.29, 1.82) is 0 Å². The van der Waals surface area contributed by atoms with Crippen LogP contribution in [0.4, 0.5) is 8.78 Å². The van der Waals surface area contributed by atoms with Crippen LogP contribution in [0, 0.1) is 11.6 Å². The number of carboxylic acids is 1. The van der Waals surface area contributed by atoms with E-state index in [0.717, 1.165) is 0 Å². The predicted molar refractivity (Wildman–Crippen MR) is 65.9 cm³/mol. The first-order valence-electron chi connectivity index (χ1n) is 5.51. The highest BCUT2D eigenvalue weighted by Gasteiger charge is 2.26. The van der Waals surface area contributed by atoms with Crippen molar-refractivity contribution in [3.63, 3.8) is 0 Å². The normalized spacial score (nSPS) is 11.5. The average molecular weight is 317 g/mol. The highest BCUT2D eigenvalue weighted by atomic mass is 32.2. The van der Waals surface area contributed by atoms with Crippen molar-refractivity contribution in [3.05, 3.63) is 47.3 Å². The Hall–Kier alpha value is -2.33. The maximum Gasteiger partial charge on any atom is 0.341 e. The summed E-state index contributed by atoms with van der Waals surface area (Å²) in [6, 6.07) is 1.24. The number of halogens is 2. The third-order valence-corrected chi connectivity index (χ3v) is 4.00. The largest absolute Gasteiger partial charge is 0.477 e. The Kier molecular flexibility index (Phi) is 4.00. The summed E-state index contributed by atoms with van der Waals surface area (Å²) >= 11 is 0. The molecule has 0 unspecified atom stereocenters. The summed E-state index contributed by atoms with van der Waals surface area (Å²) in [7, 11) is -4.34. The molecule has 0 radical (unpaired) electrons. The molecule has 0 fully saturated rings. The molecule has 1 heterocycles. The Labute approximate surface area is 117 Å². The van der Waals surface area contributed by atoms with Crippen molar-refractivity contribution in [1.82, 2.24) is 14.9 Å². The third-order valence-electron chi connectivity index (χ3n) is 2.58. The minimum atomic E-state index is -4.34. The highest BCUT2D eigenvalue weighted by Crippen LogP contribution is 2.21. The zero-order valence-electron chi connectivity index (χ0n) is 10.3. The van der Waals surface area contributed by atoms with E-state index in [1.807, 2.05) is 0 Å². The molecule has 0 saturated carbocycles. The summed E-state index contributed by atoms with van der Waals surface area (Å²) in [6.45, 7) is -0.182. The van der Waals surface area contributed by atoms with E-state index in [4.69, 9.17) is 5.11 Å². The Balaban J connectivity index is 2.36. The summed E-state index contributed by atoms with van der Waals surface area (Å²) in [5.74, 6) is -4.90. The lowest BCUT2D eigenvalue weighted by Gasteiger charge is -2.08. The molecule has 0 spiro atoms. The number of hydrogen-bond acceptors (Lipinski definition) is 4. The lowest BCUT2D eigenvalue weighted by atomic mass is 10.2. The fourth-order valence-corrected chi connectivity index (χ4v) is 2.66. The van der Waals surface area contributed by atoms with Crippen molar-refractivity contribution in [2.24, 2.45) is 0 Å². The molecular weight excluding hydrogens is 308 g/mol. The Morgan fingerprint density at radius 2 is 2.10 bits per heavy atom. The number of carboxylic acid groups (broad SMARTS) is 1. The van der Waals surface area contributed by atoms with Gasteiger partial charge in [0.15, 0.2) is 5.82 Å². The number of aromatic nitrogens is 2. The van der Waals surface area contributed by atoms with E-state index in [-0.39, 0.29) is 6.54 Å². The molecule has 3 N–H and O–H groups in total. The van der Waals surface area contributed by atoms with Gasteiger partial charge in [0.25, 0.3) is 0 Å². The number of nitrogens with one attached hydrogen (secondary N) is 2. The van der Waals surface area contributed by atoms with Crippen LogP contribution >= 0.6 is 0 Å². The highest BCUT2D eigenvalue weighted by molar-refractivity contribution is 7.89. The van der Waals surface area contributed by atoms with Gasteiger partial charge in [-0.25, -0.2) is 26.7 Å². The van der Waals surface area contributed by atoms with E-state index in [1.54, 1.807) is 0 Å². The number of aromatic amines is 1. The number of sulfonamides is 1. The lowest BCUT2D eigenvalue weighted by Crippen LogP contribution is -2.25. The van der Waals surface area contributed by atoms with Gasteiger partial charge in [-0.2, -0.15) is 5.10 Å². The first kappa shape index (κ1) is 15.1. The molecule has 1 aromatic heterocycles. The quantitative estimate of drug-likeness (QED) is 0.757. The summed E-state index contributed by atoms with van der Waals surface area (Å²) < 4.78 is 53.1. The van der Waals surface area contributed by atoms with Crippen molar-refractivity contribution < 1.29 is 27.1 Å². The molecule has 0 bridgehead atoms. The SMILES string of the molecule is O=C(O)c1c(F)ccc(S(=O)(=O)NCc2cn[nH]c2)c1F. The van der Waals surface area contributed by atoms with Gasteiger partial charge in [0.05, 0.1) is 6.20 Å². The Morgan fingerprint density at radius 3 is 2.67 bits per heavy atom. The third kappa shape index (κ3) is 3.06. The molecule has 10 heteroatoms. The van der Waals surface area contributed by atoms with Crippen molar-refractivity contribution in [2.45, 2.75) is 11.4 Å². The van der Waals surface area contributed by atoms with Crippen LogP contribution in [0.5, 0.6) is 0 Å². The van der Waals surface area contributed by atoms with Crippen molar-refractivity contribution in [3.8, 4) is 0 Å². The average Bonchev–Trinajstić information content (AvgIpc) is 2.88. The second kappa shape index (κ2) is 5.58. The monoisotopic (exact) mass is 317 g/mol. The molecule has 0 aliphatic rings. The molecule has 21 heavy (non-hydrogen) atoms. The van der Waals surface area contributed by atoms with Crippen LogP contribution < -0.4 is 4.72 Å². The van der Waals surface area contributed by atoms with Gasteiger partial charge < -0.3 is 5.11 Å². The predicted octanol–water partition coefficient (Wildman–Crippen LogP) is 0.865. The van der Waals surface area contributed by atoms with E-state index >= 15 is 0 Å². The van der Waals surface area contributed by atoms with E-state index in [2.05, 4.69) is 14.9 Å². The van der Waals surface area contributed by atoms with Gasteiger partial charge in [-0.1, -0.05) is 0 Å². The molecule has 7 nitrogen and oxygen atoms in total. The standard InChI is InChI=1S/C11H9F2N3O4S/c12-7-1-2-8(10(13)9(7)11(17)18)21(19,20)16-5-6-3-14-15-4-6/h1-4,16H,5H2,(H,14,15)(H,17,18). The van der Waals surface area contributed by atoms with E-state index in [9.17, 15) is 22.0 Å². The zero-order valence-corrected chi connectivity index (χ0v) is 11.1. The summed E-state index contributed by atoms with van der Waals surface area (Å²) in [6.07, 6.45) is 2.78. The fraction of sp³-hybridized carbons (Fsp3) is 0.0909. The molecule has 0 aliphatic heterocycles. The van der Waals surface area contributed by atoms with Gasteiger partial charge in [-0.3, -0.25) is 5.10 Å². The van der Waals surface area contributed by atoms with Gasteiger partial charge in [-0.05, 0) is 12.1 Å². The molecule has 0 atom stereocenters. The lowest BCUT2D eigenvalue weighted by molar-refractivity contribution is 0.0685. The molecule has 0 aliphatic carbocycles. The summed E-state index contributed by atoms with van der Waals surface area (Å²) in [4.78, 5) is 9.82. The molecule has 0 amide bonds. The van der Waals surface area contributed by atoms with E-state index < -0.39 is 38.1 Å². The Bertz CT molecular complexity index is 775. The van der Waals surface area contributed by atoms with Crippen LogP contribution in [0.25, 0.3) is 0 Å². The van der Waals surface area contributed by atoms with Crippen LogP contribution in [0.15, 0.2) is 29.4 Å². The second-order valence-electron chi connectivity index (χ2n) is 3.97. The molecule has 0 saturated heterocycles. The zero-order chi connectivity index (χ0) is 15.6. The van der Waals surface area contributed by atoms with Crippen molar-refractivity contribution in [2.75, 3.05) is 0 Å². The number of H-pyrrole nitrogens is 1. The van der Waals surface area contributed by atoms with Crippen LogP contribution in [0.1, 0.15) is 15.9 Å². The first-order chi connectivity index (χ1) is 9.83. The number of nitrogens with zero attached hydrogens (tertiary/aromatic N) is 1. The minimum Gasteiger partial charge on any atom is -0.477 e.